The molecule has 2 aromatic rings. The second-order valence-corrected chi connectivity index (χ2v) is 21.0. The second kappa shape index (κ2) is 37.4. The van der Waals surface area contributed by atoms with Crippen LogP contribution in [0.4, 0.5) is 4.69 Å². The van der Waals surface area contributed by atoms with Crippen LogP contribution in [0.3, 0.4) is 0 Å². The Kier molecular flexibility index (Phi) is 31.5. The van der Waals surface area contributed by atoms with Gasteiger partial charge in [0.05, 0.1) is 38.5 Å². The Morgan fingerprint density at radius 3 is 1.17 bits per heavy atom. The average Bonchev–Trinajstić information content (AvgIpc) is 4.04. The van der Waals surface area contributed by atoms with Crippen molar-refractivity contribution in [2.24, 2.45) is 5.73 Å². The molecule has 2 rings (SSSR count). The molecule has 0 radical (unpaired) electrons. The number of aromatic carboxylic acids is 1. The van der Waals surface area contributed by atoms with Crippen LogP contribution < -0.4 is 53.6 Å². The van der Waals surface area contributed by atoms with Gasteiger partial charge in [0.25, 0.3) is 0 Å². The van der Waals surface area contributed by atoms with Crippen molar-refractivity contribution in [2.45, 2.75) is 139 Å². The van der Waals surface area contributed by atoms with Crippen LogP contribution in [0.1, 0.15) is 107 Å². The molecule has 0 fully saturated rings. The fraction of sp³-hybridized carbons (Fsp3) is 0.480. The quantitative estimate of drug-likeness (QED) is 0.0220. The van der Waals surface area contributed by atoms with Gasteiger partial charge in [0, 0.05) is 0 Å². The van der Waals surface area contributed by atoms with Gasteiger partial charge in [-0.15, -0.1) is 0 Å². The summed E-state index contributed by atoms with van der Waals surface area (Å²) in [5, 5.41) is 94.3. The third-order valence-electron chi connectivity index (χ3n) is 11.8. The summed E-state index contributed by atoms with van der Waals surface area (Å²) in [4.78, 5) is 216. The van der Waals surface area contributed by atoms with Gasteiger partial charge in [-0.05, 0) is 25.8 Å². The zero-order valence-corrected chi connectivity index (χ0v) is 47.6. The van der Waals surface area contributed by atoms with Crippen LogP contribution in [0.5, 0.6) is 0 Å². The van der Waals surface area contributed by atoms with Gasteiger partial charge in [-0.2, -0.15) is 0 Å². The van der Waals surface area contributed by atoms with Crippen molar-refractivity contribution in [2.75, 3.05) is 18.4 Å². The Hall–Kier alpha value is -9.90. The van der Waals surface area contributed by atoms with Crippen molar-refractivity contribution in [1.29, 1.82) is 0 Å². The van der Waals surface area contributed by atoms with Gasteiger partial charge in [-0.1, -0.05) is 0 Å². The van der Waals surface area contributed by atoms with Crippen molar-refractivity contribution in [1.82, 2.24) is 47.5 Å². The Bertz CT molecular complexity index is 2880. The van der Waals surface area contributed by atoms with Gasteiger partial charge in [0.1, 0.15) is 42.3 Å². The predicted molar refractivity (Wildman–Crippen MR) is 290 cm³/mol. The third-order valence-corrected chi connectivity index (χ3v) is 13.8. The van der Waals surface area contributed by atoms with Crippen LogP contribution in [0.25, 0.3) is 10.0 Å². The van der Waals surface area contributed by atoms with E-state index in [0.717, 1.165) is 10.0 Å². The van der Waals surface area contributed by atoms with E-state index in [9.17, 15) is 117 Å². The zero-order chi connectivity index (χ0) is 65.5. The minimum absolute atomic E-state index is 0.106. The Balaban J connectivity index is 2.09. The summed E-state index contributed by atoms with van der Waals surface area (Å²) in [5.74, 6) is -24.9. The van der Waals surface area contributed by atoms with E-state index >= 15 is 0 Å². The molecule has 0 saturated carbocycles. The number of nitrogens with zero attached hydrogens (tertiary/aromatic N) is 1. The van der Waals surface area contributed by atoms with Crippen molar-refractivity contribution >= 4 is 120 Å². The molecule has 1 aromatic heterocycles. The summed E-state index contributed by atoms with van der Waals surface area (Å²) in [6.07, 6.45) is -6.04. The molecular weight excluding hydrogens is 1230 g/mol. The number of carboxylic acid groups (broad SMARTS) is 8. The minimum Gasteiger partial charge on any atom is -0.480 e. The Morgan fingerprint density at radius 1 is 0.425 bits per heavy atom. The average molecular weight is 1300 g/mol. The zero-order valence-electron chi connectivity index (χ0n) is 45.9. The van der Waals surface area contributed by atoms with Crippen LogP contribution in [0, 0.1) is 0 Å². The number of aliphatic carboxylic acids is 7. The molecule has 7 atom stereocenters. The van der Waals surface area contributed by atoms with Crippen LogP contribution in [0.15, 0.2) is 30.5 Å². The van der Waals surface area contributed by atoms with Crippen LogP contribution in [-0.4, -0.2) is 217 Å². The molecule has 0 unspecified atom stereocenters. The van der Waals surface area contributed by atoms with Gasteiger partial charge in [0.2, 0.25) is 41.4 Å². The van der Waals surface area contributed by atoms with Crippen LogP contribution >= 0.6 is 0 Å². The molecule has 1 heterocycles. The number of hydrogen-bond donors (Lipinski definition) is 18. The van der Waals surface area contributed by atoms with E-state index in [1.165, 1.54) is 12.1 Å². The number of benzene rings is 1. The van der Waals surface area contributed by atoms with E-state index in [1.54, 1.807) is 34.3 Å². The maximum absolute atomic E-state index is 13.6. The van der Waals surface area contributed by atoms with E-state index < -0.39 is 196 Å². The van der Waals surface area contributed by atoms with Gasteiger partial charge in [-0.3, -0.25) is 62.3 Å². The molecule has 9 amide bonds. The number of carbonyl (C=O) groups is 17. The smallest absolute Gasteiger partial charge is 0.326 e. The molecule has 0 bridgehead atoms. The largest absolute Gasteiger partial charge is 0.480 e. The van der Waals surface area contributed by atoms with Crippen LogP contribution in [-0.2, 0) is 76.7 Å². The summed E-state index contributed by atoms with van der Waals surface area (Å²) >= 11 is -0.393. The molecule has 0 aliphatic rings. The third kappa shape index (κ3) is 29.0. The number of anilines is 1. The molecule has 0 saturated heterocycles. The topological polar surface area (TPSA) is 599 Å². The molecule has 87 heavy (non-hydrogen) atoms. The number of aromatic nitrogens is 1. The first kappa shape index (κ1) is 73.2. The minimum atomic E-state index is -2.39. The van der Waals surface area contributed by atoms with Crippen molar-refractivity contribution in [3.05, 3.63) is 36.0 Å². The van der Waals surface area contributed by atoms with E-state index in [0.29, 0.717) is 24.0 Å². The number of hydrogen-bond acceptors (Lipinski definition) is 19. The predicted octanol–water partition coefficient (Wildman–Crippen LogP) is -4.65. The first-order valence-corrected chi connectivity index (χ1v) is 27.8. The number of carbonyl (C=O) groups excluding carboxylic acids is 9. The number of unbranched alkanes of at least 4 members (excludes halogenated alkanes) is 3. The van der Waals surface area contributed by atoms with Crippen LogP contribution in [0.2, 0.25) is 0 Å². The van der Waals surface area contributed by atoms with Gasteiger partial charge >= 0.3 is 205 Å². The van der Waals surface area contributed by atoms with Crippen molar-refractivity contribution < 1.29 is 122 Å². The van der Waals surface area contributed by atoms with E-state index in [2.05, 4.69) is 20.9 Å². The Morgan fingerprint density at radius 2 is 0.805 bits per heavy atom. The molecular formula is C50H65N11O25Se. The molecule has 37 heteroatoms. The Labute approximate surface area is 497 Å². The number of carboxylic acids is 8. The summed E-state index contributed by atoms with van der Waals surface area (Å²) in [6.45, 7) is 0.269. The van der Waals surface area contributed by atoms with Crippen molar-refractivity contribution in [3.63, 3.8) is 0 Å². The fourth-order valence-corrected chi connectivity index (χ4v) is 9.27. The molecule has 1 aromatic carbocycles. The maximum Gasteiger partial charge on any atom is 0.326 e. The number of rotatable bonds is 42. The monoisotopic (exact) mass is 1300 g/mol. The van der Waals surface area contributed by atoms with E-state index in [-0.39, 0.29) is 57.2 Å². The second-order valence-electron chi connectivity index (χ2n) is 18.8. The fourth-order valence-electron chi connectivity index (χ4n) is 7.51. The molecule has 0 aliphatic carbocycles. The first-order chi connectivity index (χ1) is 40.9. The van der Waals surface area contributed by atoms with Gasteiger partial charge < -0.3 is 78.7 Å². The molecule has 476 valence electrons. The molecule has 19 N–H and O–H groups in total. The maximum atomic E-state index is 13.6. The standard InChI is InChI=1S/C50H65N11O25Se/c51-14-4-3-6-25(49(85)86)55-43(78)27(17-37(67)68)57-45(80)29(19-39(71)72)59-47(82)31(21-41(75)76)60-46(81)30(20-40(73)74)58-44(79)28(18-38(69)70)56-42(77)26(16-36(65)66)54-34(63)7-2-1-5-15-52-33(62)12-13-35(64)61-50-53-22-32(87-50)23-8-10-24(11-9-23)48(83)84/h8-11,22,25-31H,1-7,12-21,51H2,(H,52,62)(H,54,63)(H,55,78)(H,56,77)(H,57,80)(H,58,79)(H,59,82)(H,60,81)(H,65,66)(H,67,68)(H,69,70)(H,71,72)(H,73,74)(H,75,76)(H,83,84)(H,85,86)(H,53,61,64)/t25-,26-,27-,28-,29-,30-,31-/m1/s1. The first-order valence-electron chi connectivity index (χ1n) is 26.1. The molecule has 36 nitrogen and oxygen atoms in total. The summed E-state index contributed by atoms with van der Waals surface area (Å²) in [6, 6.07) is -8.99. The molecule has 0 spiro atoms. The summed E-state index contributed by atoms with van der Waals surface area (Å²) < 4.78 is 1.18. The van der Waals surface area contributed by atoms with Crippen molar-refractivity contribution in [3.8, 4) is 10.0 Å². The number of amides is 9. The van der Waals surface area contributed by atoms with Gasteiger partial charge in [-0.25, -0.2) is 4.79 Å². The van der Waals surface area contributed by atoms with Gasteiger partial charge in [0.15, 0.2) is 0 Å². The van der Waals surface area contributed by atoms with E-state index in [1.807, 2.05) is 16.0 Å². The summed E-state index contributed by atoms with van der Waals surface area (Å²) in [7, 11) is 0. The van der Waals surface area contributed by atoms with E-state index in [4.69, 9.17) is 10.8 Å². The molecule has 0 aliphatic heterocycles. The number of nitrogens with two attached hydrogens (primary N) is 1. The summed E-state index contributed by atoms with van der Waals surface area (Å²) in [5.41, 5.74) is 6.24. The number of nitrogens with one attached hydrogen (secondary N) is 9. The normalized spacial score (nSPS) is 13.1. The SMILES string of the molecule is NCCCC[C@@H](NC(=O)[C@@H](CC(=O)O)NC(=O)[C@@H](CC(=O)O)NC(=O)[C@@H](CC(=O)O)NC(=O)[C@@H](CC(=O)O)NC(=O)[C@@H](CC(=O)O)NC(=O)[C@@H](CC(=O)O)NC(=O)CCCCCNC(=O)CCC(=O)Nc1ncc(-c2ccc(C(=O)O)cc2)[se]1)C(=O)O.